The molecule has 0 bridgehead atoms. The Labute approximate surface area is 119 Å². The summed E-state index contributed by atoms with van der Waals surface area (Å²) in [6.45, 7) is 6.21. The summed E-state index contributed by atoms with van der Waals surface area (Å²) in [6, 6.07) is 14.4. The number of aryl methyl sites for hydroxylation is 2. The number of pyridine rings is 1. The molecule has 1 aromatic heterocycles. The quantitative estimate of drug-likeness (QED) is 0.705. The van der Waals surface area contributed by atoms with Crippen molar-refractivity contribution >= 4 is 16.6 Å². The van der Waals surface area contributed by atoms with Crippen molar-refractivity contribution in [2.24, 2.45) is 0 Å². The number of rotatable bonds is 1. The van der Waals surface area contributed by atoms with Crippen LogP contribution in [-0.2, 0) is 0 Å². The second kappa shape index (κ2) is 4.64. The van der Waals surface area contributed by atoms with Crippen molar-refractivity contribution in [3.8, 4) is 11.3 Å². The van der Waals surface area contributed by atoms with E-state index in [2.05, 4.69) is 38.1 Å². The first-order chi connectivity index (χ1) is 9.59. The van der Waals surface area contributed by atoms with Crippen molar-refractivity contribution in [3.63, 3.8) is 0 Å². The standard InChI is InChI=1S/C18H18N2/c1-11-9-10-12(2)17-15(11)16(19)13(3)18(20-17)14-7-5-4-6-8-14/h4-10H,1-3H3,(H2,19,20). The van der Waals surface area contributed by atoms with Crippen LogP contribution in [0.25, 0.3) is 22.2 Å². The summed E-state index contributed by atoms with van der Waals surface area (Å²) in [7, 11) is 0. The molecule has 3 rings (SSSR count). The topological polar surface area (TPSA) is 38.9 Å². The molecule has 3 aromatic rings. The van der Waals surface area contributed by atoms with E-state index in [9.17, 15) is 0 Å². The van der Waals surface area contributed by atoms with Crippen LogP contribution in [0.5, 0.6) is 0 Å². The molecule has 20 heavy (non-hydrogen) atoms. The molecule has 0 aliphatic rings. The maximum absolute atomic E-state index is 6.39. The summed E-state index contributed by atoms with van der Waals surface area (Å²) in [5.74, 6) is 0. The van der Waals surface area contributed by atoms with Crippen LogP contribution in [0.4, 0.5) is 5.69 Å². The van der Waals surface area contributed by atoms with Gasteiger partial charge in [0.2, 0.25) is 0 Å². The first kappa shape index (κ1) is 12.7. The van der Waals surface area contributed by atoms with E-state index in [4.69, 9.17) is 10.7 Å². The molecule has 0 aliphatic carbocycles. The molecule has 0 radical (unpaired) electrons. The Morgan fingerprint density at radius 1 is 0.850 bits per heavy atom. The second-order valence-corrected chi connectivity index (χ2v) is 5.29. The Hall–Kier alpha value is -2.35. The Bertz CT molecular complexity index is 790. The number of nitrogens with two attached hydrogens (primary N) is 1. The number of hydrogen-bond donors (Lipinski definition) is 1. The fraction of sp³-hybridized carbons (Fsp3) is 0.167. The third-order valence-electron chi connectivity index (χ3n) is 3.89. The molecule has 0 atom stereocenters. The van der Waals surface area contributed by atoms with Gasteiger partial charge in [-0.3, -0.25) is 0 Å². The molecule has 2 N–H and O–H groups in total. The van der Waals surface area contributed by atoms with Gasteiger partial charge in [0.05, 0.1) is 11.2 Å². The number of nitrogen functional groups attached to an aromatic ring is 1. The third kappa shape index (κ3) is 1.85. The van der Waals surface area contributed by atoms with Crippen molar-refractivity contribution in [1.29, 1.82) is 0 Å². The van der Waals surface area contributed by atoms with Crippen LogP contribution < -0.4 is 5.73 Å². The van der Waals surface area contributed by atoms with Crippen molar-refractivity contribution in [1.82, 2.24) is 4.98 Å². The number of nitrogens with zero attached hydrogens (tertiary/aromatic N) is 1. The predicted molar refractivity (Wildman–Crippen MR) is 85.8 cm³/mol. The summed E-state index contributed by atoms with van der Waals surface area (Å²) < 4.78 is 0. The van der Waals surface area contributed by atoms with E-state index in [1.165, 1.54) is 5.56 Å². The van der Waals surface area contributed by atoms with Crippen molar-refractivity contribution < 1.29 is 0 Å². The van der Waals surface area contributed by atoms with E-state index < -0.39 is 0 Å². The molecule has 1 heterocycles. The van der Waals surface area contributed by atoms with Gasteiger partial charge in [-0.1, -0.05) is 42.5 Å². The first-order valence-corrected chi connectivity index (χ1v) is 6.81. The van der Waals surface area contributed by atoms with Gasteiger partial charge in [0.15, 0.2) is 0 Å². The van der Waals surface area contributed by atoms with Gasteiger partial charge in [-0.15, -0.1) is 0 Å². The lowest BCUT2D eigenvalue weighted by molar-refractivity contribution is 1.30. The van der Waals surface area contributed by atoms with Gasteiger partial charge in [0, 0.05) is 16.6 Å². The van der Waals surface area contributed by atoms with Crippen LogP contribution in [-0.4, -0.2) is 4.98 Å². The number of benzene rings is 2. The van der Waals surface area contributed by atoms with Crippen LogP contribution >= 0.6 is 0 Å². The lowest BCUT2D eigenvalue weighted by Gasteiger charge is -2.14. The summed E-state index contributed by atoms with van der Waals surface area (Å²) in [4.78, 5) is 4.89. The zero-order valence-corrected chi connectivity index (χ0v) is 12.1. The van der Waals surface area contributed by atoms with Gasteiger partial charge < -0.3 is 5.73 Å². The van der Waals surface area contributed by atoms with Crippen LogP contribution in [0.3, 0.4) is 0 Å². The Balaban J connectivity index is 2.42. The maximum Gasteiger partial charge on any atom is 0.0762 e. The summed E-state index contributed by atoms with van der Waals surface area (Å²) in [6.07, 6.45) is 0. The van der Waals surface area contributed by atoms with Crippen molar-refractivity contribution in [2.45, 2.75) is 20.8 Å². The summed E-state index contributed by atoms with van der Waals surface area (Å²) >= 11 is 0. The van der Waals surface area contributed by atoms with E-state index in [1.54, 1.807) is 0 Å². The average Bonchev–Trinajstić information content (AvgIpc) is 2.47. The predicted octanol–water partition coefficient (Wildman–Crippen LogP) is 4.41. The van der Waals surface area contributed by atoms with E-state index in [0.717, 1.165) is 39.0 Å². The van der Waals surface area contributed by atoms with Crippen LogP contribution in [0.15, 0.2) is 42.5 Å². The molecule has 2 heteroatoms. The number of fused-ring (bicyclic) bond motifs is 1. The minimum Gasteiger partial charge on any atom is -0.398 e. The van der Waals surface area contributed by atoms with Gasteiger partial charge in [0.25, 0.3) is 0 Å². The van der Waals surface area contributed by atoms with Gasteiger partial charge in [-0.05, 0) is 37.5 Å². The maximum atomic E-state index is 6.39. The minimum absolute atomic E-state index is 0.843. The fourth-order valence-corrected chi connectivity index (χ4v) is 2.67. The molecule has 100 valence electrons. The lowest BCUT2D eigenvalue weighted by atomic mass is 9.98. The van der Waals surface area contributed by atoms with Crippen molar-refractivity contribution in [2.75, 3.05) is 5.73 Å². The largest absolute Gasteiger partial charge is 0.398 e. The zero-order chi connectivity index (χ0) is 14.3. The smallest absolute Gasteiger partial charge is 0.0762 e. The van der Waals surface area contributed by atoms with Crippen molar-refractivity contribution in [3.05, 3.63) is 59.2 Å². The van der Waals surface area contributed by atoms with Gasteiger partial charge in [0.1, 0.15) is 0 Å². The first-order valence-electron chi connectivity index (χ1n) is 6.81. The summed E-state index contributed by atoms with van der Waals surface area (Å²) in [5.41, 5.74) is 13.7. The number of aromatic nitrogens is 1. The molecule has 0 spiro atoms. The SMILES string of the molecule is Cc1c(-c2ccccc2)nc2c(C)ccc(C)c2c1N. The van der Waals surface area contributed by atoms with Crippen LogP contribution in [0, 0.1) is 20.8 Å². The molecule has 0 unspecified atom stereocenters. The highest BCUT2D eigenvalue weighted by atomic mass is 14.7. The highest BCUT2D eigenvalue weighted by Crippen LogP contribution is 2.34. The Kier molecular flexibility index (Phi) is 2.94. The summed E-state index contributed by atoms with van der Waals surface area (Å²) in [5, 5.41) is 1.09. The normalized spacial score (nSPS) is 10.9. The average molecular weight is 262 g/mol. The molecule has 2 aromatic carbocycles. The van der Waals surface area contributed by atoms with Gasteiger partial charge >= 0.3 is 0 Å². The fourth-order valence-electron chi connectivity index (χ4n) is 2.67. The molecule has 0 amide bonds. The van der Waals surface area contributed by atoms with Crippen LogP contribution in [0.1, 0.15) is 16.7 Å². The lowest BCUT2D eigenvalue weighted by Crippen LogP contribution is -2.00. The molecular weight excluding hydrogens is 244 g/mol. The van der Waals surface area contributed by atoms with E-state index in [1.807, 2.05) is 25.1 Å². The van der Waals surface area contributed by atoms with Crippen LogP contribution in [0.2, 0.25) is 0 Å². The third-order valence-corrected chi connectivity index (χ3v) is 3.89. The zero-order valence-electron chi connectivity index (χ0n) is 12.1. The van der Waals surface area contributed by atoms with E-state index >= 15 is 0 Å². The molecule has 2 nitrogen and oxygen atoms in total. The molecule has 0 saturated heterocycles. The minimum atomic E-state index is 0.843. The second-order valence-electron chi connectivity index (χ2n) is 5.29. The van der Waals surface area contributed by atoms with Gasteiger partial charge in [-0.25, -0.2) is 4.98 Å². The van der Waals surface area contributed by atoms with E-state index in [-0.39, 0.29) is 0 Å². The monoisotopic (exact) mass is 262 g/mol. The highest BCUT2D eigenvalue weighted by molar-refractivity contribution is 5.98. The number of anilines is 1. The molecule has 0 saturated carbocycles. The molecule has 0 fully saturated rings. The van der Waals surface area contributed by atoms with E-state index in [0.29, 0.717) is 0 Å². The van der Waals surface area contributed by atoms with Gasteiger partial charge in [-0.2, -0.15) is 0 Å². The molecular formula is C18H18N2. The number of hydrogen-bond acceptors (Lipinski definition) is 2. The Morgan fingerprint density at radius 3 is 2.20 bits per heavy atom. The Morgan fingerprint density at radius 2 is 1.50 bits per heavy atom. The molecule has 0 aliphatic heterocycles. The highest BCUT2D eigenvalue weighted by Gasteiger charge is 2.13.